The molecule has 0 bridgehead atoms. The van der Waals surface area contributed by atoms with Gasteiger partial charge in [0.2, 0.25) is 5.88 Å². The van der Waals surface area contributed by atoms with Crippen molar-refractivity contribution in [2.75, 3.05) is 12.4 Å². The molecular formula is C20H17N5O2. The van der Waals surface area contributed by atoms with E-state index in [0.717, 1.165) is 16.8 Å². The van der Waals surface area contributed by atoms with E-state index in [9.17, 15) is 4.79 Å². The van der Waals surface area contributed by atoms with Crippen molar-refractivity contribution in [3.63, 3.8) is 0 Å². The fraction of sp³-hybridized carbons (Fsp3) is 0.100. The minimum absolute atomic E-state index is 0.0237. The summed E-state index contributed by atoms with van der Waals surface area (Å²) in [7, 11) is 1.58. The lowest BCUT2D eigenvalue weighted by Crippen LogP contribution is -1.98. The monoisotopic (exact) mass is 359 g/mol. The summed E-state index contributed by atoms with van der Waals surface area (Å²) in [5.74, 6) is 1.24. The van der Waals surface area contributed by atoms with Gasteiger partial charge in [-0.3, -0.25) is 4.79 Å². The van der Waals surface area contributed by atoms with Crippen LogP contribution < -0.4 is 10.1 Å². The number of nitrogens with zero attached hydrogens (tertiary/aromatic N) is 4. The fourth-order valence-corrected chi connectivity index (χ4v) is 2.77. The van der Waals surface area contributed by atoms with Gasteiger partial charge in [0, 0.05) is 23.4 Å². The molecule has 0 atom stereocenters. The standard InChI is InChI=1S/C20H17N5O2/c1-13(26)14-4-3-5-15(10-14)17-12-22-25-9-8-18(24-20(17)25)23-16-6-7-19(27-2)21-11-16/h3-12H,1-2H3,(H,23,24). The molecule has 0 aliphatic heterocycles. The summed E-state index contributed by atoms with van der Waals surface area (Å²) in [4.78, 5) is 20.5. The lowest BCUT2D eigenvalue weighted by atomic mass is 10.0. The molecule has 3 aromatic heterocycles. The highest BCUT2D eigenvalue weighted by atomic mass is 16.5. The Hall–Kier alpha value is -3.74. The molecule has 1 aromatic carbocycles. The first kappa shape index (κ1) is 16.7. The number of hydrogen-bond donors (Lipinski definition) is 1. The van der Waals surface area contributed by atoms with E-state index in [1.807, 2.05) is 36.5 Å². The Labute approximate surface area is 155 Å². The highest BCUT2D eigenvalue weighted by Crippen LogP contribution is 2.26. The molecule has 7 heteroatoms. The van der Waals surface area contributed by atoms with Crippen LogP contribution in [0.1, 0.15) is 17.3 Å². The molecule has 0 aliphatic carbocycles. The van der Waals surface area contributed by atoms with Gasteiger partial charge in [-0.2, -0.15) is 5.10 Å². The van der Waals surface area contributed by atoms with E-state index in [1.165, 1.54) is 0 Å². The van der Waals surface area contributed by atoms with Crippen molar-refractivity contribution in [2.24, 2.45) is 0 Å². The number of ether oxygens (including phenoxy) is 1. The fourth-order valence-electron chi connectivity index (χ4n) is 2.77. The molecule has 0 saturated heterocycles. The van der Waals surface area contributed by atoms with Crippen molar-refractivity contribution in [2.45, 2.75) is 6.92 Å². The number of ketones is 1. The number of rotatable bonds is 5. The third-order valence-corrected chi connectivity index (χ3v) is 4.17. The van der Waals surface area contributed by atoms with Gasteiger partial charge in [0.1, 0.15) is 5.82 Å². The Kier molecular flexibility index (Phi) is 4.25. The number of Topliss-reactive ketones (excluding diaryl/α,β-unsaturated/α-hetero) is 1. The van der Waals surface area contributed by atoms with E-state index in [2.05, 4.69) is 20.4 Å². The number of aromatic nitrogens is 4. The highest BCUT2D eigenvalue weighted by molar-refractivity contribution is 5.95. The molecule has 7 nitrogen and oxygen atoms in total. The topological polar surface area (TPSA) is 81.4 Å². The lowest BCUT2D eigenvalue weighted by molar-refractivity contribution is 0.101. The molecule has 0 radical (unpaired) electrons. The second-order valence-electron chi connectivity index (χ2n) is 5.99. The predicted octanol–water partition coefficient (Wildman–Crippen LogP) is 3.75. The Balaban J connectivity index is 1.70. The van der Waals surface area contributed by atoms with E-state index in [4.69, 9.17) is 4.74 Å². The Morgan fingerprint density at radius 1 is 1.15 bits per heavy atom. The summed E-state index contributed by atoms with van der Waals surface area (Å²) in [5.41, 5.74) is 3.91. The van der Waals surface area contributed by atoms with Crippen LogP contribution in [0.5, 0.6) is 5.88 Å². The summed E-state index contributed by atoms with van der Waals surface area (Å²) in [6, 6.07) is 12.9. The van der Waals surface area contributed by atoms with Crippen molar-refractivity contribution < 1.29 is 9.53 Å². The maximum Gasteiger partial charge on any atom is 0.213 e. The summed E-state index contributed by atoms with van der Waals surface area (Å²) in [5, 5.41) is 7.57. The van der Waals surface area contributed by atoms with Crippen molar-refractivity contribution in [1.82, 2.24) is 19.6 Å². The third-order valence-electron chi connectivity index (χ3n) is 4.17. The predicted molar refractivity (Wildman–Crippen MR) is 102 cm³/mol. The van der Waals surface area contributed by atoms with Gasteiger partial charge < -0.3 is 10.1 Å². The molecular weight excluding hydrogens is 342 g/mol. The van der Waals surface area contributed by atoms with Crippen molar-refractivity contribution in [3.05, 3.63) is 66.6 Å². The minimum Gasteiger partial charge on any atom is -0.481 e. The van der Waals surface area contributed by atoms with E-state index in [0.29, 0.717) is 22.9 Å². The van der Waals surface area contributed by atoms with Crippen LogP contribution in [0.4, 0.5) is 11.5 Å². The number of carbonyl (C=O) groups is 1. The van der Waals surface area contributed by atoms with Gasteiger partial charge in [-0.05, 0) is 30.7 Å². The van der Waals surface area contributed by atoms with E-state index in [1.54, 1.807) is 43.1 Å². The van der Waals surface area contributed by atoms with Crippen LogP contribution in [0.15, 0.2) is 61.1 Å². The molecule has 4 aromatic rings. The summed E-state index contributed by atoms with van der Waals surface area (Å²) in [6.07, 6.45) is 5.26. The Morgan fingerprint density at radius 2 is 2.04 bits per heavy atom. The summed E-state index contributed by atoms with van der Waals surface area (Å²) in [6.45, 7) is 1.55. The first-order chi connectivity index (χ1) is 13.1. The number of pyridine rings is 1. The van der Waals surface area contributed by atoms with Crippen LogP contribution in [0, 0.1) is 0 Å². The second-order valence-corrected chi connectivity index (χ2v) is 5.99. The van der Waals surface area contributed by atoms with Crippen molar-refractivity contribution in [1.29, 1.82) is 0 Å². The summed E-state index contributed by atoms with van der Waals surface area (Å²) >= 11 is 0. The maximum absolute atomic E-state index is 11.7. The average Bonchev–Trinajstić information content (AvgIpc) is 3.12. The number of benzene rings is 1. The van der Waals surface area contributed by atoms with Crippen LogP contribution in [-0.4, -0.2) is 32.5 Å². The molecule has 0 fully saturated rings. The van der Waals surface area contributed by atoms with Gasteiger partial charge in [0.15, 0.2) is 11.4 Å². The molecule has 134 valence electrons. The number of methoxy groups -OCH3 is 1. The zero-order valence-corrected chi connectivity index (χ0v) is 14.9. The molecule has 3 heterocycles. The van der Waals surface area contributed by atoms with Gasteiger partial charge >= 0.3 is 0 Å². The first-order valence-corrected chi connectivity index (χ1v) is 8.37. The van der Waals surface area contributed by atoms with E-state index >= 15 is 0 Å². The molecule has 0 saturated carbocycles. The zero-order valence-electron chi connectivity index (χ0n) is 14.9. The first-order valence-electron chi connectivity index (χ1n) is 8.37. The smallest absolute Gasteiger partial charge is 0.213 e. The van der Waals surface area contributed by atoms with Gasteiger partial charge in [0.05, 0.1) is 25.2 Å². The van der Waals surface area contributed by atoms with Gasteiger partial charge in [-0.1, -0.05) is 18.2 Å². The molecule has 0 amide bonds. The largest absolute Gasteiger partial charge is 0.481 e. The van der Waals surface area contributed by atoms with Gasteiger partial charge in [-0.15, -0.1) is 0 Å². The highest BCUT2D eigenvalue weighted by Gasteiger charge is 2.11. The van der Waals surface area contributed by atoms with Crippen molar-refractivity contribution >= 4 is 22.9 Å². The SMILES string of the molecule is COc1ccc(Nc2ccn3ncc(-c4cccc(C(C)=O)c4)c3n2)cn1. The van der Waals surface area contributed by atoms with Crippen LogP contribution in [-0.2, 0) is 0 Å². The Bertz CT molecular complexity index is 1120. The third kappa shape index (κ3) is 3.35. The number of hydrogen-bond acceptors (Lipinski definition) is 6. The van der Waals surface area contributed by atoms with E-state index in [-0.39, 0.29) is 5.78 Å². The number of carbonyl (C=O) groups excluding carboxylic acids is 1. The molecule has 4 rings (SSSR count). The molecule has 1 N–H and O–H groups in total. The zero-order chi connectivity index (χ0) is 18.8. The molecule has 27 heavy (non-hydrogen) atoms. The van der Waals surface area contributed by atoms with Gasteiger partial charge in [0.25, 0.3) is 0 Å². The molecule has 0 aliphatic rings. The lowest BCUT2D eigenvalue weighted by Gasteiger charge is -2.07. The van der Waals surface area contributed by atoms with Crippen LogP contribution in [0.3, 0.4) is 0 Å². The number of anilines is 2. The van der Waals surface area contributed by atoms with Crippen LogP contribution in [0.2, 0.25) is 0 Å². The summed E-state index contributed by atoms with van der Waals surface area (Å²) < 4.78 is 6.77. The average molecular weight is 359 g/mol. The molecule has 0 spiro atoms. The Morgan fingerprint density at radius 3 is 2.78 bits per heavy atom. The minimum atomic E-state index is 0.0237. The number of nitrogens with one attached hydrogen (secondary N) is 1. The maximum atomic E-state index is 11.7. The second kappa shape index (κ2) is 6.87. The quantitative estimate of drug-likeness (QED) is 0.547. The van der Waals surface area contributed by atoms with Crippen LogP contribution in [0.25, 0.3) is 16.8 Å². The van der Waals surface area contributed by atoms with E-state index < -0.39 is 0 Å². The number of fused-ring (bicyclic) bond motifs is 1. The van der Waals surface area contributed by atoms with Crippen molar-refractivity contribution in [3.8, 4) is 17.0 Å². The van der Waals surface area contributed by atoms with Gasteiger partial charge in [-0.25, -0.2) is 14.5 Å². The van der Waals surface area contributed by atoms with Crippen LogP contribution >= 0.6 is 0 Å². The normalized spacial score (nSPS) is 10.7. The molecule has 0 unspecified atom stereocenters.